The molecular weight excluding hydrogens is 432 g/mol. The van der Waals surface area contributed by atoms with Crippen LogP contribution < -0.4 is 5.32 Å². The first kappa shape index (κ1) is 17.4. The summed E-state index contributed by atoms with van der Waals surface area (Å²) in [5, 5.41) is 3.26. The molecule has 3 fully saturated rings. The fraction of sp³-hybridized carbons (Fsp3) is 0.450. The minimum Gasteiger partial charge on any atom is -0.324 e. The van der Waals surface area contributed by atoms with Gasteiger partial charge in [-0.2, -0.15) is 0 Å². The van der Waals surface area contributed by atoms with Gasteiger partial charge in [0.2, 0.25) is 17.7 Å². The number of aryl methyl sites for hydroxylation is 1. The molecule has 27 heavy (non-hydrogen) atoms. The van der Waals surface area contributed by atoms with Gasteiger partial charge in [-0.15, -0.1) is 0 Å². The Bertz CT molecular complexity index is 894. The number of amides is 3. The Hall–Kier alpha value is -1.66. The monoisotopic (exact) mass is 448 g/mol. The molecule has 1 N–H and O–H groups in total. The summed E-state index contributed by atoms with van der Waals surface area (Å²) in [5.74, 6) is 0.150. The van der Waals surface area contributed by atoms with E-state index in [1.807, 2.05) is 13.0 Å². The van der Waals surface area contributed by atoms with E-state index in [0.29, 0.717) is 22.5 Å². The highest BCUT2D eigenvalue weighted by Crippen LogP contribution is 2.65. The van der Waals surface area contributed by atoms with Crippen molar-refractivity contribution in [1.29, 1.82) is 0 Å². The number of imide groups is 1. The Morgan fingerprint density at radius 3 is 2.37 bits per heavy atom. The highest BCUT2D eigenvalue weighted by molar-refractivity contribution is 9.10. The van der Waals surface area contributed by atoms with Gasteiger partial charge in [0, 0.05) is 10.2 Å². The summed E-state index contributed by atoms with van der Waals surface area (Å²) in [6.07, 6.45) is 5.38. The van der Waals surface area contributed by atoms with Crippen molar-refractivity contribution in [2.24, 2.45) is 35.5 Å². The Balaban J connectivity index is 1.33. The van der Waals surface area contributed by atoms with E-state index in [1.165, 1.54) is 0 Å². The lowest BCUT2D eigenvalue weighted by Gasteiger charge is -2.37. The summed E-state index contributed by atoms with van der Waals surface area (Å²) in [6, 6.07) is 3.47. The lowest BCUT2D eigenvalue weighted by Crippen LogP contribution is -2.40. The molecule has 0 unspecified atom stereocenters. The van der Waals surface area contributed by atoms with Crippen molar-refractivity contribution in [1.82, 2.24) is 4.90 Å². The molecule has 1 heterocycles. The summed E-state index contributed by atoms with van der Waals surface area (Å²) in [5.41, 5.74) is 1.42. The Kier molecular flexibility index (Phi) is 3.82. The van der Waals surface area contributed by atoms with Crippen LogP contribution in [0.25, 0.3) is 0 Å². The number of carbonyl (C=O) groups excluding carboxylic acids is 3. The van der Waals surface area contributed by atoms with Gasteiger partial charge in [0.1, 0.15) is 6.54 Å². The Morgan fingerprint density at radius 2 is 1.78 bits per heavy atom. The standard InChI is InChI=1S/C20H18BrClN2O3/c1-8-4-13(21)14(22)6-15(8)23-16(25)7-24-19(26)17-9-2-3-10(12-5-11(9)12)18(17)20(24)27/h2-4,6,9-12,17-18H,5,7H2,1H3,(H,23,25)/t9-,10+,11-,12-,17+,18-/m1/s1. The average Bonchev–Trinajstić information content (AvgIpc) is 3.41. The normalized spacial score (nSPS) is 35.3. The first-order valence-electron chi connectivity index (χ1n) is 9.16. The average molecular weight is 450 g/mol. The van der Waals surface area contributed by atoms with Gasteiger partial charge < -0.3 is 5.32 Å². The van der Waals surface area contributed by atoms with E-state index in [1.54, 1.807) is 6.07 Å². The second-order valence-electron chi connectivity index (χ2n) is 8.05. The zero-order chi connectivity index (χ0) is 19.0. The summed E-state index contributed by atoms with van der Waals surface area (Å²) in [4.78, 5) is 39.5. The van der Waals surface area contributed by atoms with Crippen molar-refractivity contribution < 1.29 is 14.4 Å². The number of nitrogens with zero attached hydrogens (tertiary/aromatic N) is 1. The quantitative estimate of drug-likeness (QED) is 0.568. The van der Waals surface area contributed by atoms with Crippen molar-refractivity contribution in [3.63, 3.8) is 0 Å². The second kappa shape index (κ2) is 5.92. The molecule has 0 aromatic heterocycles. The van der Waals surface area contributed by atoms with E-state index in [9.17, 15) is 14.4 Å². The van der Waals surface area contributed by atoms with Crippen LogP contribution in [0.15, 0.2) is 28.8 Å². The number of halogens is 2. The van der Waals surface area contributed by atoms with Gasteiger partial charge in [0.05, 0.1) is 16.9 Å². The first-order valence-corrected chi connectivity index (χ1v) is 10.3. The lowest BCUT2D eigenvalue weighted by atomic mass is 9.63. The van der Waals surface area contributed by atoms with Gasteiger partial charge in [0.15, 0.2) is 0 Å². The number of allylic oxidation sites excluding steroid dienone is 2. The van der Waals surface area contributed by atoms with E-state index < -0.39 is 0 Å². The Morgan fingerprint density at radius 1 is 1.19 bits per heavy atom. The van der Waals surface area contributed by atoms with Crippen LogP contribution in [0.3, 0.4) is 0 Å². The third-order valence-corrected chi connectivity index (χ3v) is 7.79. The molecule has 5 aliphatic rings. The van der Waals surface area contributed by atoms with Gasteiger partial charge in [-0.3, -0.25) is 19.3 Å². The molecule has 1 aromatic rings. The predicted molar refractivity (Wildman–Crippen MR) is 104 cm³/mol. The molecule has 1 aromatic carbocycles. The summed E-state index contributed by atoms with van der Waals surface area (Å²) in [7, 11) is 0. The van der Waals surface area contributed by atoms with Crippen LogP contribution >= 0.6 is 27.5 Å². The molecule has 2 bridgehead atoms. The second-order valence-corrected chi connectivity index (χ2v) is 9.31. The molecule has 1 aliphatic heterocycles. The number of benzene rings is 1. The van der Waals surface area contributed by atoms with Crippen LogP contribution in [0, 0.1) is 42.4 Å². The fourth-order valence-electron chi connectivity index (χ4n) is 5.29. The molecule has 140 valence electrons. The van der Waals surface area contributed by atoms with E-state index in [-0.39, 0.29) is 47.9 Å². The maximum absolute atomic E-state index is 12.9. The van der Waals surface area contributed by atoms with Crippen LogP contribution in [0.5, 0.6) is 0 Å². The lowest BCUT2D eigenvalue weighted by molar-refractivity contribution is -0.142. The highest BCUT2D eigenvalue weighted by atomic mass is 79.9. The van der Waals surface area contributed by atoms with Crippen LogP contribution in [0.1, 0.15) is 12.0 Å². The number of nitrogens with one attached hydrogen (secondary N) is 1. The zero-order valence-electron chi connectivity index (χ0n) is 14.6. The van der Waals surface area contributed by atoms with Crippen molar-refractivity contribution in [3.05, 3.63) is 39.3 Å². The summed E-state index contributed by atoms with van der Waals surface area (Å²) in [6.45, 7) is 1.61. The van der Waals surface area contributed by atoms with Crippen LogP contribution in [0.4, 0.5) is 5.69 Å². The topological polar surface area (TPSA) is 66.5 Å². The third-order valence-electron chi connectivity index (χ3n) is 6.60. The fourth-order valence-corrected chi connectivity index (χ4v) is 5.91. The zero-order valence-corrected chi connectivity index (χ0v) is 17.0. The molecule has 2 saturated carbocycles. The van der Waals surface area contributed by atoms with Crippen LogP contribution in [0.2, 0.25) is 5.02 Å². The van der Waals surface area contributed by atoms with Gasteiger partial charge in [0.25, 0.3) is 0 Å². The van der Waals surface area contributed by atoms with E-state index in [2.05, 4.69) is 33.4 Å². The van der Waals surface area contributed by atoms with Crippen LogP contribution in [-0.2, 0) is 14.4 Å². The van der Waals surface area contributed by atoms with Gasteiger partial charge in [-0.25, -0.2) is 0 Å². The number of rotatable bonds is 3. The van der Waals surface area contributed by atoms with Gasteiger partial charge in [-0.1, -0.05) is 23.8 Å². The van der Waals surface area contributed by atoms with Crippen molar-refractivity contribution in [3.8, 4) is 0 Å². The molecule has 0 spiro atoms. The summed E-state index contributed by atoms with van der Waals surface area (Å²) < 4.78 is 0.746. The van der Waals surface area contributed by atoms with Crippen molar-refractivity contribution in [2.75, 3.05) is 11.9 Å². The third kappa shape index (κ3) is 2.53. The number of hydrogen-bond acceptors (Lipinski definition) is 3. The van der Waals surface area contributed by atoms with E-state index in [0.717, 1.165) is 21.4 Å². The van der Waals surface area contributed by atoms with Crippen molar-refractivity contribution in [2.45, 2.75) is 13.3 Å². The molecule has 4 aliphatic carbocycles. The van der Waals surface area contributed by atoms with Crippen molar-refractivity contribution >= 4 is 50.9 Å². The SMILES string of the molecule is Cc1cc(Br)c(Cl)cc1NC(=O)CN1C(=O)[C@@H]2[C@H]3C=C[C@H]([C@H]4C[C@H]34)[C@@H]2C1=O. The summed E-state index contributed by atoms with van der Waals surface area (Å²) >= 11 is 9.45. The number of likely N-dealkylation sites (tertiary alicyclic amines) is 1. The smallest absolute Gasteiger partial charge is 0.244 e. The first-order chi connectivity index (χ1) is 12.9. The number of carbonyl (C=O) groups is 3. The minimum absolute atomic E-state index is 0.169. The van der Waals surface area contributed by atoms with E-state index >= 15 is 0 Å². The molecular formula is C20H18BrClN2O3. The Labute approximate surface area is 170 Å². The van der Waals surface area contributed by atoms with E-state index in [4.69, 9.17) is 11.6 Å². The predicted octanol–water partition coefficient (Wildman–Crippen LogP) is 3.40. The minimum atomic E-state index is -0.387. The van der Waals surface area contributed by atoms with Gasteiger partial charge in [-0.05, 0) is 70.6 Å². The number of hydrogen-bond donors (Lipinski definition) is 1. The molecule has 3 amide bonds. The largest absolute Gasteiger partial charge is 0.324 e. The molecule has 5 nitrogen and oxygen atoms in total. The van der Waals surface area contributed by atoms with Crippen LogP contribution in [-0.4, -0.2) is 29.2 Å². The maximum Gasteiger partial charge on any atom is 0.244 e. The number of anilines is 1. The molecule has 1 saturated heterocycles. The molecule has 6 atom stereocenters. The molecule has 7 heteroatoms. The highest BCUT2D eigenvalue weighted by Gasteiger charge is 2.67. The van der Waals surface area contributed by atoms with Gasteiger partial charge >= 0.3 is 0 Å². The molecule has 0 radical (unpaired) electrons. The maximum atomic E-state index is 12.9. The molecule has 6 rings (SSSR count).